The van der Waals surface area contributed by atoms with E-state index in [0.29, 0.717) is 16.9 Å². The molecule has 1 N–H and O–H groups in total. The summed E-state index contributed by atoms with van der Waals surface area (Å²) < 4.78 is 6.42. The van der Waals surface area contributed by atoms with E-state index in [1.54, 1.807) is 36.2 Å². The fourth-order valence-electron chi connectivity index (χ4n) is 3.09. The normalized spacial score (nSPS) is 10.9. The van der Waals surface area contributed by atoms with Gasteiger partial charge in [-0.05, 0) is 52.0 Å². The molecule has 7 heteroatoms. The molecule has 0 fully saturated rings. The molecule has 0 aliphatic rings. The van der Waals surface area contributed by atoms with Crippen LogP contribution in [0.2, 0.25) is 0 Å². The Morgan fingerprint density at radius 1 is 1.07 bits per heavy atom. The molecule has 2 aromatic rings. The number of nitrogens with zero attached hydrogens (tertiary/aromatic N) is 2. The standard InChI is InChI=1S/C21H27N3O4/c1-13(2)24(14(3)4)20(26)16-11-18(21(27)23(5)12-16)22-19(25)15-8-7-9-17(10-15)28-6/h7-14H,1-6H3,(H,22,25). The van der Waals surface area contributed by atoms with Gasteiger partial charge < -0.3 is 19.5 Å². The lowest BCUT2D eigenvalue weighted by Gasteiger charge is -2.31. The van der Waals surface area contributed by atoms with Crippen LogP contribution in [0.4, 0.5) is 5.69 Å². The van der Waals surface area contributed by atoms with Crippen molar-refractivity contribution in [1.29, 1.82) is 0 Å². The van der Waals surface area contributed by atoms with Crippen molar-refractivity contribution in [1.82, 2.24) is 9.47 Å². The predicted octanol–water partition coefficient (Wildman–Crippen LogP) is 2.91. The Hall–Kier alpha value is -3.09. The minimum absolute atomic E-state index is 0.000408. The van der Waals surface area contributed by atoms with Gasteiger partial charge in [-0.3, -0.25) is 14.4 Å². The van der Waals surface area contributed by atoms with E-state index < -0.39 is 11.5 Å². The van der Waals surface area contributed by atoms with Gasteiger partial charge in [0.2, 0.25) is 0 Å². The van der Waals surface area contributed by atoms with Gasteiger partial charge in [0.15, 0.2) is 0 Å². The second-order valence-electron chi connectivity index (χ2n) is 7.14. The van der Waals surface area contributed by atoms with E-state index in [1.807, 2.05) is 27.7 Å². The van der Waals surface area contributed by atoms with Crippen molar-refractivity contribution in [2.24, 2.45) is 7.05 Å². The first-order chi connectivity index (χ1) is 13.1. The fourth-order valence-corrected chi connectivity index (χ4v) is 3.09. The molecular weight excluding hydrogens is 358 g/mol. The zero-order valence-corrected chi connectivity index (χ0v) is 17.1. The number of ether oxygens (including phenoxy) is 1. The van der Waals surface area contributed by atoms with E-state index in [9.17, 15) is 14.4 Å². The van der Waals surface area contributed by atoms with Gasteiger partial charge in [-0.15, -0.1) is 0 Å². The van der Waals surface area contributed by atoms with Crippen LogP contribution in [0.1, 0.15) is 48.4 Å². The minimum atomic E-state index is -0.454. The van der Waals surface area contributed by atoms with Gasteiger partial charge in [0.25, 0.3) is 17.4 Å². The van der Waals surface area contributed by atoms with Crippen molar-refractivity contribution in [3.8, 4) is 5.75 Å². The van der Waals surface area contributed by atoms with Crippen LogP contribution in [-0.2, 0) is 7.05 Å². The summed E-state index contributed by atoms with van der Waals surface area (Å²) in [6.07, 6.45) is 1.49. The lowest BCUT2D eigenvalue weighted by Crippen LogP contribution is -2.42. The average molecular weight is 385 g/mol. The summed E-state index contributed by atoms with van der Waals surface area (Å²) in [4.78, 5) is 39.7. The Morgan fingerprint density at radius 3 is 2.29 bits per heavy atom. The molecule has 0 aliphatic heterocycles. The number of rotatable bonds is 6. The number of aryl methyl sites for hydroxylation is 1. The number of nitrogens with one attached hydrogen (secondary N) is 1. The van der Waals surface area contributed by atoms with Crippen molar-refractivity contribution in [2.45, 2.75) is 39.8 Å². The summed E-state index contributed by atoms with van der Waals surface area (Å²) >= 11 is 0. The summed E-state index contributed by atoms with van der Waals surface area (Å²) in [6, 6.07) is 8.04. The van der Waals surface area contributed by atoms with Crippen LogP contribution >= 0.6 is 0 Å². The second-order valence-corrected chi connectivity index (χ2v) is 7.14. The molecule has 0 saturated heterocycles. The molecule has 0 aliphatic carbocycles. The molecule has 0 bridgehead atoms. The van der Waals surface area contributed by atoms with Crippen molar-refractivity contribution in [3.05, 3.63) is 58.0 Å². The summed E-state index contributed by atoms with van der Waals surface area (Å²) in [7, 11) is 3.06. The monoisotopic (exact) mass is 385 g/mol. The number of benzene rings is 1. The van der Waals surface area contributed by atoms with E-state index in [0.717, 1.165) is 0 Å². The quantitative estimate of drug-likeness (QED) is 0.829. The van der Waals surface area contributed by atoms with Gasteiger partial charge in [0, 0.05) is 30.9 Å². The largest absolute Gasteiger partial charge is 0.497 e. The van der Waals surface area contributed by atoms with Crippen LogP contribution < -0.4 is 15.6 Å². The maximum atomic E-state index is 13.0. The Morgan fingerprint density at radius 2 is 1.71 bits per heavy atom. The number of carbonyl (C=O) groups excluding carboxylic acids is 2. The smallest absolute Gasteiger partial charge is 0.274 e. The van der Waals surface area contributed by atoms with Crippen molar-refractivity contribution in [2.75, 3.05) is 12.4 Å². The molecular formula is C21H27N3O4. The molecule has 0 unspecified atom stereocenters. The molecule has 0 saturated carbocycles. The molecule has 1 aromatic heterocycles. The maximum Gasteiger partial charge on any atom is 0.274 e. The first-order valence-electron chi connectivity index (χ1n) is 9.14. The molecule has 7 nitrogen and oxygen atoms in total. The Kier molecular flexibility index (Phi) is 6.62. The predicted molar refractivity (Wildman–Crippen MR) is 109 cm³/mol. The second kappa shape index (κ2) is 8.73. The summed E-state index contributed by atoms with van der Waals surface area (Å²) in [5, 5.41) is 2.61. The van der Waals surface area contributed by atoms with Gasteiger partial charge in [-0.2, -0.15) is 0 Å². The third-order valence-electron chi connectivity index (χ3n) is 4.36. The average Bonchev–Trinajstić information content (AvgIpc) is 2.64. The topological polar surface area (TPSA) is 80.6 Å². The zero-order valence-electron chi connectivity index (χ0n) is 17.1. The van der Waals surface area contributed by atoms with Gasteiger partial charge >= 0.3 is 0 Å². The van der Waals surface area contributed by atoms with Crippen LogP contribution in [0.5, 0.6) is 5.75 Å². The first kappa shape index (κ1) is 21.2. The molecule has 150 valence electrons. The Bertz CT molecular complexity index is 923. The summed E-state index contributed by atoms with van der Waals surface area (Å²) in [5.74, 6) is -0.114. The van der Waals surface area contributed by atoms with E-state index in [-0.39, 0.29) is 23.7 Å². The van der Waals surface area contributed by atoms with E-state index in [2.05, 4.69) is 5.32 Å². The van der Waals surface area contributed by atoms with E-state index in [1.165, 1.54) is 23.9 Å². The third kappa shape index (κ3) is 4.60. The number of amides is 2. The third-order valence-corrected chi connectivity index (χ3v) is 4.36. The Balaban J connectivity index is 2.39. The number of methoxy groups -OCH3 is 1. The van der Waals surface area contributed by atoms with Crippen LogP contribution in [0.15, 0.2) is 41.3 Å². The molecule has 1 aromatic carbocycles. The minimum Gasteiger partial charge on any atom is -0.497 e. The highest BCUT2D eigenvalue weighted by Crippen LogP contribution is 2.16. The van der Waals surface area contributed by atoms with Gasteiger partial charge in [-0.1, -0.05) is 6.07 Å². The van der Waals surface area contributed by atoms with Crippen LogP contribution in [0, 0.1) is 0 Å². The zero-order chi connectivity index (χ0) is 21.0. The number of hydrogen-bond acceptors (Lipinski definition) is 4. The lowest BCUT2D eigenvalue weighted by molar-refractivity contribution is 0.0642. The van der Waals surface area contributed by atoms with E-state index in [4.69, 9.17) is 4.74 Å². The number of carbonyl (C=O) groups is 2. The number of hydrogen-bond donors (Lipinski definition) is 1. The molecule has 2 rings (SSSR count). The lowest BCUT2D eigenvalue weighted by atomic mass is 10.1. The molecule has 2 amide bonds. The van der Waals surface area contributed by atoms with Crippen LogP contribution in [0.3, 0.4) is 0 Å². The highest BCUT2D eigenvalue weighted by molar-refractivity contribution is 6.05. The Labute approximate surface area is 164 Å². The van der Waals surface area contributed by atoms with Gasteiger partial charge in [0.1, 0.15) is 11.4 Å². The number of pyridine rings is 1. The van der Waals surface area contributed by atoms with Gasteiger partial charge in [-0.25, -0.2) is 0 Å². The molecule has 28 heavy (non-hydrogen) atoms. The molecule has 0 radical (unpaired) electrons. The van der Waals surface area contributed by atoms with Gasteiger partial charge in [0.05, 0.1) is 12.7 Å². The molecule has 1 heterocycles. The van der Waals surface area contributed by atoms with Crippen molar-refractivity contribution >= 4 is 17.5 Å². The number of anilines is 1. The van der Waals surface area contributed by atoms with Crippen molar-refractivity contribution < 1.29 is 14.3 Å². The van der Waals surface area contributed by atoms with Crippen LogP contribution in [-0.4, -0.2) is 40.5 Å². The highest BCUT2D eigenvalue weighted by atomic mass is 16.5. The molecule has 0 spiro atoms. The van der Waals surface area contributed by atoms with E-state index >= 15 is 0 Å². The van der Waals surface area contributed by atoms with Crippen LogP contribution in [0.25, 0.3) is 0 Å². The fraction of sp³-hybridized carbons (Fsp3) is 0.381. The highest BCUT2D eigenvalue weighted by Gasteiger charge is 2.23. The summed E-state index contributed by atoms with van der Waals surface area (Å²) in [6.45, 7) is 7.74. The summed E-state index contributed by atoms with van der Waals surface area (Å²) in [5.41, 5.74) is 0.344. The molecule has 0 atom stereocenters. The maximum absolute atomic E-state index is 13.0. The van der Waals surface area contributed by atoms with Crippen molar-refractivity contribution in [3.63, 3.8) is 0 Å². The first-order valence-corrected chi connectivity index (χ1v) is 9.14. The number of aromatic nitrogens is 1. The SMILES string of the molecule is COc1cccc(C(=O)Nc2cc(C(=O)N(C(C)C)C(C)C)cn(C)c2=O)c1.